The fourth-order valence-corrected chi connectivity index (χ4v) is 6.51. The number of nitrogens with two attached hydrogens (primary N) is 1. The average molecular weight is 410 g/mol. The quantitative estimate of drug-likeness (QED) is 0.441. The Kier molecular flexibility index (Phi) is 4.00. The van der Waals surface area contributed by atoms with E-state index in [4.69, 9.17) is 10.5 Å². The van der Waals surface area contributed by atoms with Crippen LogP contribution in [0.3, 0.4) is 0 Å². The van der Waals surface area contributed by atoms with Gasteiger partial charge in [0.05, 0.1) is 16.7 Å². The van der Waals surface area contributed by atoms with E-state index < -0.39 is 16.2 Å². The Bertz CT molecular complexity index is 1030. The number of hydrogen-bond acceptors (Lipinski definition) is 6. The smallest absolute Gasteiger partial charge is 0.318 e. The molecule has 9 heteroatoms. The Morgan fingerprint density at radius 1 is 1.17 bits per heavy atom. The second-order valence-electron chi connectivity index (χ2n) is 9.16. The highest BCUT2D eigenvalue weighted by molar-refractivity contribution is 5.94. The zero-order valence-corrected chi connectivity index (χ0v) is 16.3. The molecule has 4 aliphatic carbocycles. The number of hydrogen-bond donors (Lipinski definition) is 2. The predicted molar refractivity (Wildman–Crippen MR) is 105 cm³/mol. The molecule has 6 rings (SSSR count). The molecule has 4 fully saturated rings. The number of primary amides is 1. The summed E-state index contributed by atoms with van der Waals surface area (Å²) >= 11 is 0. The first-order valence-corrected chi connectivity index (χ1v) is 10.1. The SMILES string of the molecule is NC(=O)c1[nH]cnc1OC(=O)C12CC3CC(C1)CC(c1ccc([N+](=O)[O-])cc1)(C3)C2. The molecule has 2 atom stereocenters. The number of nitrogens with one attached hydrogen (secondary N) is 1. The third kappa shape index (κ3) is 2.79. The lowest BCUT2D eigenvalue weighted by molar-refractivity contribution is -0.384. The number of carbonyl (C=O) groups is 2. The normalized spacial score (nSPS) is 31.5. The first-order chi connectivity index (χ1) is 14.3. The van der Waals surface area contributed by atoms with Crippen LogP contribution in [0.15, 0.2) is 30.6 Å². The molecule has 2 aromatic rings. The second kappa shape index (κ2) is 6.38. The van der Waals surface area contributed by atoms with Gasteiger partial charge in [0.1, 0.15) is 0 Å². The third-order valence-corrected chi connectivity index (χ3v) is 7.22. The number of nitro benzene ring substituents is 1. The van der Waals surface area contributed by atoms with Crippen LogP contribution in [0.25, 0.3) is 0 Å². The van der Waals surface area contributed by atoms with E-state index in [1.807, 2.05) is 12.1 Å². The summed E-state index contributed by atoms with van der Waals surface area (Å²) in [4.78, 5) is 42.1. The van der Waals surface area contributed by atoms with Crippen molar-refractivity contribution in [3.05, 3.63) is 52.0 Å². The Hall–Kier alpha value is -3.23. The van der Waals surface area contributed by atoms with Crippen molar-refractivity contribution in [1.29, 1.82) is 0 Å². The lowest BCUT2D eigenvalue weighted by Gasteiger charge is -2.61. The monoisotopic (exact) mass is 410 g/mol. The number of rotatable bonds is 5. The van der Waals surface area contributed by atoms with Gasteiger partial charge in [-0.05, 0) is 61.3 Å². The molecule has 1 amide bonds. The fraction of sp³-hybridized carbons (Fsp3) is 0.476. The molecule has 0 aliphatic heterocycles. The molecule has 1 aromatic carbocycles. The number of esters is 1. The molecule has 9 nitrogen and oxygen atoms in total. The lowest BCUT2D eigenvalue weighted by Crippen LogP contribution is -2.57. The van der Waals surface area contributed by atoms with Crippen molar-refractivity contribution in [3.63, 3.8) is 0 Å². The minimum Gasteiger partial charge on any atom is -0.404 e. The highest BCUT2D eigenvalue weighted by atomic mass is 16.6. The Balaban J connectivity index is 1.46. The summed E-state index contributed by atoms with van der Waals surface area (Å²) in [5, 5.41) is 11.0. The zero-order chi connectivity index (χ0) is 21.1. The molecule has 3 N–H and O–H groups in total. The van der Waals surface area contributed by atoms with Gasteiger partial charge >= 0.3 is 5.97 Å². The molecule has 2 unspecified atom stereocenters. The van der Waals surface area contributed by atoms with Gasteiger partial charge in [0.2, 0.25) is 0 Å². The number of non-ortho nitro benzene ring substituents is 1. The number of nitrogens with zero attached hydrogens (tertiary/aromatic N) is 2. The zero-order valence-electron chi connectivity index (χ0n) is 16.3. The lowest BCUT2D eigenvalue weighted by atomic mass is 9.43. The van der Waals surface area contributed by atoms with Gasteiger partial charge in [0, 0.05) is 12.1 Å². The Morgan fingerprint density at radius 3 is 2.43 bits per heavy atom. The Morgan fingerprint density at radius 2 is 1.83 bits per heavy atom. The molecule has 156 valence electrons. The van der Waals surface area contributed by atoms with Gasteiger partial charge in [-0.3, -0.25) is 19.7 Å². The van der Waals surface area contributed by atoms with Crippen LogP contribution in [-0.2, 0) is 10.2 Å². The van der Waals surface area contributed by atoms with Crippen LogP contribution < -0.4 is 10.5 Å². The van der Waals surface area contributed by atoms with Gasteiger partial charge in [-0.1, -0.05) is 12.1 Å². The van der Waals surface area contributed by atoms with Crippen molar-refractivity contribution < 1.29 is 19.2 Å². The van der Waals surface area contributed by atoms with E-state index in [1.54, 1.807) is 12.1 Å². The average Bonchev–Trinajstić information content (AvgIpc) is 3.15. The van der Waals surface area contributed by atoms with E-state index in [0.717, 1.165) is 37.7 Å². The summed E-state index contributed by atoms with van der Waals surface area (Å²) in [6, 6.07) is 6.76. The maximum atomic E-state index is 13.3. The first kappa shape index (κ1) is 18.8. The van der Waals surface area contributed by atoms with E-state index in [-0.39, 0.29) is 28.6 Å². The summed E-state index contributed by atoms with van der Waals surface area (Å²) in [6.07, 6.45) is 6.48. The standard InChI is InChI=1S/C21H22N4O5/c22-17(26)16-18(24-11-23-16)30-19(27)21-8-12-5-13(9-21)7-20(6-12,10-21)14-1-3-15(4-2-14)25(28)29/h1-4,11-13H,5-10H2,(H2,22,26)(H,23,24). The van der Waals surface area contributed by atoms with Crippen molar-refractivity contribution >= 4 is 17.6 Å². The van der Waals surface area contributed by atoms with Gasteiger partial charge in [-0.15, -0.1) is 0 Å². The van der Waals surface area contributed by atoms with Crippen LogP contribution >= 0.6 is 0 Å². The van der Waals surface area contributed by atoms with Gasteiger partial charge in [-0.2, -0.15) is 0 Å². The summed E-state index contributed by atoms with van der Waals surface area (Å²) in [5.74, 6) is -0.360. The third-order valence-electron chi connectivity index (χ3n) is 7.22. The molecule has 0 saturated heterocycles. The summed E-state index contributed by atoms with van der Waals surface area (Å²) in [5.41, 5.74) is 5.60. The van der Waals surface area contributed by atoms with Crippen molar-refractivity contribution in [2.75, 3.05) is 0 Å². The number of aromatic nitrogens is 2. The molecule has 4 saturated carbocycles. The van der Waals surface area contributed by atoms with Crippen molar-refractivity contribution in [2.45, 2.75) is 43.9 Å². The minimum atomic E-state index is -0.733. The number of imidazole rings is 1. The Labute approximate surface area is 172 Å². The summed E-state index contributed by atoms with van der Waals surface area (Å²) in [7, 11) is 0. The highest BCUT2D eigenvalue weighted by Crippen LogP contribution is 2.66. The van der Waals surface area contributed by atoms with Crippen molar-refractivity contribution in [2.24, 2.45) is 23.0 Å². The number of ether oxygens (including phenoxy) is 1. The van der Waals surface area contributed by atoms with Gasteiger partial charge < -0.3 is 15.5 Å². The number of nitro groups is 1. The largest absolute Gasteiger partial charge is 0.404 e. The topological polar surface area (TPSA) is 141 Å². The highest BCUT2D eigenvalue weighted by Gasteiger charge is 2.61. The van der Waals surface area contributed by atoms with Gasteiger partial charge in [0.15, 0.2) is 5.69 Å². The molecular weight excluding hydrogens is 388 g/mol. The van der Waals surface area contributed by atoms with Crippen LogP contribution in [0.1, 0.15) is 54.6 Å². The van der Waals surface area contributed by atoms with E-state index in [9.17, 15) is 19.7 Å². The maximum absolute atomic E-state index is 13.3. The van der Waals surface area contributed by atoms with Gasteiger partial charge in [0.25, 0.3) is 17.5 Å². The van der Waals surface area contributed by atoms with E-state index >= 15 is 0 Å². The van der Waals surface area contributed by atoms with Crippen LogP contribution in [-0.4, -0.2) is 26.8 Å². The maximum Gasteiger partial charge on any atom is 0.318 e. The minimum absolute atomic E-state index is 0.0156. The van der Waals surface area contributed by atoms with Crippen molar-refractivity contribution in [1.82, 2.24) is 9.97 Å². The van der Waals surface area contributed by atoms with Gasteiger partial charge in [-0.25, -0.2) is 4.98 Å². The van der Waals surface area contributed by atoms with E-state index in [2.05, 4.69) is 9.97 Å². The molecule has 4 bridgehead atoms. The summed E-state index contributed by atoms with van der Waals surface area (Å²) in [6.45, 7) is 0. The van der Waals surface area contributed by atoms with Crippen LogP contribution in [0.2, 0.25) is 0 Å². The molecule has 1 aromatic heterocycles. The summed E-state index contributed by atoms with van der Waals surface area (Å²) < 4.78 is 5.59. The number of carbonyl (C=O) groups excluding carboxylic acids is 2. The molecule has 30 heavy (non-hydrogen) atoms. The molecular formula is C21H22N4O5. The molecule has 0 radical (unpaired) electrons. The molecule has 4 aliphatic rings. The van der Waals surface area contributed by atoms with E-state index in [1.165, 1.54) is 6.33 Å². The number of benzene rings is 1. The molecule has 1 heterocycles. The first-order valence-electron chi connectivity index (χ1n) is 10.1. The fourth-order valence-electron chi connectivity index (χ4n) is 6.51. The second-order valence-corrected chi connectivity index (χ2v) is 9.16. The predicted octanol–water partition coefficient (Wildman–Crippen LogP) is 2.86. The number of aromatic amines is 1. The van der Waals surface area contributed by atoms with Crippen LogP contribution in [0.4, 0.5) is 5.69 Å². The van der Waals surface area contributed by atoms with E-state index in [0.29, 0.717) is 18.3 Å². The number of H-pyrrole nitrogens is 1. The molecule has 0 spiro atoms. The van der Waals surface area contributed by atoms with Crippen molar-refractivity contribution in [3.8, 4) is 5.88 Å². The van der Waals surface area contributed by atoms with Crippen LogP contribution in [0.5, 0.6) is 5.88 Å². The number of amides is 1. The van der Waals surface area contributed by atoms with Crippen LogP contribution in [0, 0.1) is 27.4 Å².